The van der Waals surface area contributed by atoms with Gasteiger partial charge in [-0.1, -0.05) is 72.3 Å². The number of nitrogens with zero attached hydrogens (tertiary/aromatic N) is 6. The maximum Gasteiger partial charge on any atom is 0.483 e. The van der Waals surface area contributed by atoms with E-state index in [4.69, 9.17) is 62.6 Å². The zero-order valence-corrected chi connectivity index (χ0v) is 44.5. The molecule has 0 atom stereocenters. The van der Waals surface area contributed by atoms with Crippen LogP contribution in [0.25, 0.3) is 0 Å². The molecule has 0 aliphatic heterocycles. The maximum absolute atomic E-state index is 15.3. The van der Waals surface area contributed by atoms with Crippen LogP contribution in [0.3, 0.4) is 0 Å². The summed E-state index contributed by atoms with van der Waals surface area (Å²) in [6.07, 6.45) is 9.57. The highest BCUT2D eigenvalue weighted by Crippen LogP contribution is 2.49. The molecule has 9 rings (SSSR count). The SMILES string of the molecule is O=C(NCc1ccc(OCOP(=O)(OCOc2ccc(CNC(=O)c3cc(Cl)nn3CC3CCC3)c(F)c2)OCOc2ccc(CNC(=O)c3cc(Cl)nn3CC3CCC3)c(F)c2)cc1F)c1cc(Cl)nn1CC1CCC1. The molecular formula is C51H54Cl3F3N9O10P. The Hall–Kier alpha value is -6.13. The smallest absolute Gasteiger partial charge is 0.467 e. The Bertz CT molecular complexity index is 2810. The molecule has 3 aromatic heterocycles. The molecule has 410 valence electrons. The van der Waals surface area contributed by atoms with Crippen molar-refractivity contribution in [3.05, 3.63) is 139 Å². The Kier molecular flexibility index (Phi) is 18.5. The summed E-state index contributed by atoms with van der Waals surface area (Å²) in [5.41, 5.74) is 1.14. The fourth-order valence-corrected chi connectivity index (χ4v) is 9.90. The number of phosphoric ester groups is 1. The Labute approximate surface area is 455 Å². The normalized spacial score (nSPS) is 14.8. The van der Waals surface area contributed by atoms with E-state index in [1.807, 2.05) is 0 Å². The van der Waals surface area contributed by atoms with Gasteiger partial charge in [0, 0.05) is 92.4 Å². The largest absolute Gasteiger partial charge is 0.483 e. The van der Waals surface area contributed by atoms with E-state index >= 15 is 13.2 Å². The summed E-state index contributed by atoms with van der Waals surface area (Å²) in [6, 6.07) is 15.7. The molecule has 3 aliphatic rings. The van der Waals surface area contributed by atoms with Crippen LogP contribution in [0.1, 0.15) is 106 Å². The van der Waals surface area contributed by atoms with Gasteiger partial charge >= 0.3 is 7.82 Å². The van der Waals surface area contributed by atoms with Crippen LogP contribution in [-0.4, -0.2) is 67.4 Å². The second-order valence-corrected chi connectivity index (χ2v) is 21.8. The standard InChI is InChI=1S/C51H54Cl3F3N9O10P/c52-46-19-43(64(61-46)25-31-4-1-5-31)49(67)58-22-34-10-13-37(16-40(34)55)71-28-74-77(70,75-29-72-38-14-11-35(41(56)17-38)23-59-50(68)44-20-47(53)62-65(44)26-32-6-2-7-32)76-30-73-39-15-12-36(42(57)18-39)24-60-51(69)45-21-48(54)63-66(45)27-33-8-3-9-33/h10-21,31-33H,1-9,22-30H2,(H,58,67)(H,59,68)(H,60,69). The van der Waals surface area contributed by atoms with Crippen LogP contribution in [-0.2, 0) is 57.4 Å². The molecule has 0 unspecified atom stereocenters. The molecule has 3 fully saturated rings. The Morgan fingerprint density at radius 3 is 1.03 bits per heavy atom. The minimum Gasteiger partial charge on any atom is -0.467 e. The van der Waals surface area contributed by atoms with Crippen molar-refractivity contribution >= 4 is 60.3 Å². The summed E-state index contributed by atoms with van der Waals surface area (Å²) in [4.78, 5) is 39.1. The second-order valence-electron chi connectivity index (χ2n) is 18.9. The first-order chi connectivity index (χ1) is 37.1. The third-order valence-electron chi connectivity index (χ3n) is 13.6. The summed E-state index contributed by atoms with van der Waals surface area (Å²) in [5.74, 6) is -2.64. The molecule has 3 aliphatic carbocycles. The monoisotopic (exact) mass is 1150 g/mol. The fraction of sp³-hybridized carbons (Fsp3) is 0.412. The van der Waals surface area contributed by atoms with Gasteiger partial charge in [-0.05, 0) is 74.5 Å². The lowest BCUT2D eigenvalue weighted by atomic mass is 9.85. The molecule has 19 nitrogen and oxygen atoms in total. The number of amides is 3. The van der Waals surface area contributed by atoms with E-state index < -0.39 is 63.4 Å². The molecule has 3 aromatic carbocycles. The number of carbonyl (C=O) groups excluding carboxylic acids is 3. The quantitative estimate of drug-likeness (QED) is 0.0324. The molecule has 3 amide bonds. The zero-order chi connectivity index (χ0) is 54.1. The van der Waals surface area contributed by atoms with Gasteiger partial charge in [0.15, 0.2) is 35.8 Å². The topological polar surface area (TPSA) is 213 Å². The van der Waals surface area contributed by atoms with Crippen LogP contribution in [0, 0.1) is 35.2 Å². The van der Waals surface area contributed by atoms with Crippen LogP contribution < -0.4 is 30.2 Å². The first kappa shape index (κ1) is 55.6. The average molecular weight is 1150 g/mol. The lowest BCUT2D eigenvalue weighted by Gasteiger charge is -2.25. The van der Waals surface area contributed by atoms with Gasteiger partial charge in [0.2, 0.25) is 0 Å². The van der Waals surface area contributed by atoms with Crippen LogP contribution in [0.15, 0.2) is 72.8 Å². The van der Waals surface area contributed by atoms with Crippen LogP contribution in [0.4, 0.5) is 13.2 Å². The van der Waals surface area contributed by atoms with E-state index in [0.717, 1.165) is 76.0 Å². The summed E-state index contributed by atoms with van der Waals surface area (Å²) in [5, 5.41) is 21.2. The van der Waals surface area contributed by atoms with Gasteiger partial charge in [-0.25, -0.2) is 31.3 Å². The predicted molar refractivity (Wildman–Crippen MR) is 274 cm³/mol. The maximum atomic E-state index is 15.3. The molecule has 26 heteroatoms. The van der Waals surface area contributed by atoms with E-state index in [0.29, 0.717) is 37.4 Å². The van der Waals surface area contributed by atoms with Gasteiger partial charge in [-0.3, -0.25) is 28.4 Å². The molecule has 3 N–H and O–H groups in total. The van der Waals surface area contributed by atoms with Crippen molar-refractivity contribution in [1.82, 2.24) is 45.3 Å². The molecule has 0 saturated heterocycles. The molecule has 0 radical (unpaired) electrons. The van der Waals surface area contributed by atoms with Crippen LogP contribution >= 0.6 is 42.6 Å². The minimum atomic E-state index is -4.73. The van der Waals surface area contributed by atoms with Crippen LogP contribution in [0.5, 0.6) is 17.2 Å². The third-order valence-corrected chi connectivity index (χ3v) is 15.4. The molecular weight excluding hydrogens is 1090 g/mol. The number of phosphoric acid groups is 1. The van der Waals surface area contributed by atoms with Gasteiger partial charge < -0.3 is 30.2 Å². The van der Waals surface area contributed by atoms with Crippen molar-refractivity contribution in [2.75, 3.05) is 20.4 Å². The highest BCUT2D eigenvalue weighted by molar-refractivity contribution is 7.48. The van der Waals surface area contributed by atoms with Gasteiger partial charge in [0.1, 0.15) is 51.8 Å². The average Bonchev–Trinajstić information content (AvgIpc) is 4.07. The van der Waals surface area contributed by atoms with Crippen molar-refractivity contribution in [3.8, 4) is 17.2 Å². The lowest BCUT2D eigenvalue weighted by molar-refractivity contribution is -0.00455. The van der Waals surface area contributed by atoms with Gasteiger partial charge in [-0.2, -0.15) is 15.3 Å². The number of nitrogens with one attached hydrogen (secondary N) is 3. The summed E-state index contributed by atoms with van der Waals surface area (Å²) < 4.78 is 97.3. The van der Waals surface area contributed by atoms with Crippen molar-refractivity contribution < 1.29 is 59.9 Å². The molecule has 77 heavy (non-hydrogen) atoms. The highest BCUT2D eigenvalue weighted by atomic mass is 35.5. The van der Waals surface area contributed by atoms with Gasteiger partial charge in [-0.15, -0.1) is 0 Å². The van der Waals surface area contributed by atoms with Crippen molar-refractivity contribution in [2.45, 2.75) is 97.1 Å². The number of hydrogen-bond donors (Lipinski definition) is 3. The van der Waals surface area contributed by atoms with E-state index in [1.165, 1.54) is 54.6 Å². The summed E-state index contributed by atoms with van der Waals surface area (Å²) in [7, 11) is -4.73. The second kappa shape index (κ2) is 25.6. The van der Waals surface area contributed by atoms with Crippen molar-refractivity contribution in [3.63, 3.8) is 0 Å². The lowest BCUT2D eigenvalue weighted by Crippen LogP contribution is -2.28. The molecule has 3 heterocycles. The van der Waals surface area contributed by atoms with E-state index in [-0.39, 0.29) is 86.1 Å². The Morgan fingerprint density at radius 2 is 0.779 bits per heavy atom. The fourth-order valence-electron chi connectivity index (χ4n) is 8.55. The Balaban J connectivity index is 0.790. The zero-order valence-electron chi connectivity index (χ0n) is 41.4. The number of carbonyl (C=O) groups is 3. The minimum absolute atomic E-state index is 0.0633. The molecule has 0 bridgehead atoms. The number of benzene rings is 3. The molecule has 6 aromatic rings. The predicted octanol–water partition coefficient (Wildman–Crippen LogP) is 10.4. The molecule has 0 spiro atoms. The highest BCUT2D eigenvalue weighted by Gasteiger charge is 2.30. The summed E-state index contributed by atoms with van der Waals surface area (Å²) in [6.45, 7) is -1.37. The molecule has 3 saturated carbocycles. The number of hydrogen-bond acceptors (Lipinski definition) is 13. The van der Waals surface area contributed by atoms with Gasteiger partial charge in [0.25, 0.3) is 17.7 Å². The number of aromatic nitrogens is 6. The summed E-state index contributed by atoms with van der Waals surface area (Å²) >= 11 is 18.3. The Morgan fingerprint density at radius 1 is 0.494 bits per heavy atom. The third kappa shape index (κ3) is 14.9. The van der Waals surface area contributed by atoms with Crippen LogP contribution in [0.2, 0.25) is 15.5 Å². The van der Waals surface area contributed by atoms with E-state index in [9.17, 15) is 18.9 Å². The number of halogens is 6. The van der Waals surface area contributed by atoms with Gasteiger partial charge in [0.05, 0.1) is 0 Å². The van der Waals surface area contributed by atoms with E-state index in [1.54, 1.807) is 14.0 Å². The van der Waals surface area contributed by atoms with E-state index in [2.05, 4.69) is 31.2 Å². The number of rotatable bonds is 27. The first-order valence-electron chi connectivity index (χ1n) is 25.0. The number of ether oxygens (including phenoxy) is 3. The van der Waals surface area contributed by atoms with Crippen molar-refractivity contribution in [2.24, 2.45) is 17.8 Å². The van der Waals surface area contributed by atoms with Crippen molar-refractivity contribution in [1.29, 1.82) is 0 Å². The first-order valence-corrected chi connectivity index (χ1v) is 27.5.